The minimum absolute atomic E-state index is 0. The van der Waals surface area contributed by atoms with Crippen LogP contribution in [0.15, 0.2) is 36.1 Å². The van der Waals surface area contributed by atoms with E-state index in [-0.39, 0.29) is 150 Å². The SMILES string of the molecule is CCC(CC)(C(=O)[O-])C(=O)[O-].CCC(CC)(C(=O)[O-])C(=O)[O-].OCC(CO)(CO)C(O)=Cc1ccccc1.[Na+].[Na+].[Na+].[Na+]. The molecule has 0 aliphatic heterocycles. The van der Waals surface area contributed by atoms with E-state index in [0.717, 1.165) is 5.56 Å². The van der Waals surface area contributed by atoms with Crippen LogP contribution in [0.4, 0.5) is 0 Å². The Morgan fingerprint density at radius 1 is 0.619 bits per heavy atom. The summed E-state index contributed by atoms with van der Waals surface area (Å²) < 4.78 is 0. The van der Waals surface area contributed by atoms with Crippen molar-refractivity contribution in [3.05, 3.63) is 41.7 Å². The summed E-state index contributed by atoms with van der Waals surface area (Å²) in [6.07, 6.45) is 1.40. The summed E-state index contributed by atoms with van der Waals surface area (Å²) >= 11 is 0. The van der Waals surface area contributed by atoms with E-state index in [1.165, 1.54) is 33.8 Å². The summed E-state index contributed by atoms with van der Waals surface area (Å²) in [5.41, 5.74) is -4.25. The first-order chi connectivity index (χ1) is 17.7. The van der Waals surface area contributed by atoms with Crippen molar-refractivity contribution in [2.75, 3.05) is 19.8 Å². The number of rotatable bonds is 13. The number of carboxylic acids is 4. The van der Waals surface area contributed by atoms with Crippen LogP contribution in [0.25, 0.3) is 6.08 Å². The minimum atomic E-state index is -1.81. The zero-order valence-electron chi connectivity index (χ0n) is 26.0. The Balaban J connectivity index is -0.000000113. The van der Waals surface area contributed by atoms with Crippen LogP contribution in [0.5, 0.6) is 0 Å². The van der Waals surface area contributed by atoms with Crippen molar-refractivity contribution in [2.45, 2.75) is 53.4 Å². The van der Waals surface area contributed by atoms with Crippen LogP contribution in [-0.4, -0.2) is 64.1 Å². The molecule has 216 valence electrons. The van der Waals surface area contributed by atoms with E-state index in [9.17, 15) is 44.7 Å². The summed E-state index contributed by atoms with van der Waals surface area (Å²) in [5, 5.41) is 78.7. The standard InChI is InChI=1S/C12H16O4.2C7H12O4.4Na/c13-7-12(8-14,9-15)11(16)6-10-4-2-1-3-5-10;2*1-3-7(4-2,5(8)9)6(10)11;;;;/h1-6,13-16H,7-9H2;2*3-4H2,1-2H3,(H,8,9)(H,10,11);;;;/q;;;4*+1/p-4. The van der Waals surface area contributed by atoms with E-state index in [4.69, 9.17) is 15.3 Å². The Morgan fingerprint density at radius 3 is 1.05 bits per heavy atom. The van der Waals surface area contributed by atoms with Gasteiger partial charge in [0, 0.05) is 10.8 Å². The fraction of sp³-hybridized carbons (Fsp3) is 0.538. The molecule has 0 fully saturated rings. The van der Waals surface area contributed by atoms with E-state index >= 15 is 0 Å². The predicted molar refractivity (Wildman–Crippen MR) is 127 cm³/mol. The van der Waals surface area contributed by atoms with Crippen molar-refractivity contribution in [3.8, 4) is 0 Å². The molecule has 0 amide bonds. The van der Waals surface area contributed by atoms with Gasteiger partial charge in [-0.2, -0.15) is 0 Å². The molecule has 16 heteroatoms. The molecule has 0 aromatic heterocycles. The number of carbonyl (C=O) groups excluding carboxylic acids is 4. The van der Waals surface area contributed by atoms with Crippen LogP contribution in [0.3, 0.4) is 0 Å². The Bertz CT molecular complexity index is 850. The molecule has 12 nitrogen and oxygen atoms in total. The molecule has 0 aliphatic rings. The second kappa shape index (κ2) is 27.8. The summed E-state index contributed by atoms with van der Waals surface area (Å²) in [7, 11) is 0. The molecule has 1 rings (SSSR count). The maximum atomic E-state index is 10.4. The van der Waals surface area contributed by atoms with Crippen LogP contribution >= 0.6 is 0 Å². The fourth-order valence-electron chi connectivity index (χ4n) is 3.07. The molecule has 4 N–H and O–H groups in total. The largest absolute Gasteiger partial charge is 1.00 e. The summed E-state index contributed by atoms with van der Waals surface area (Å²) in [5.74, 6) is -6.50. The Labute approximate surface area is 335 Å². The summed E-state index contributed by atoms with van der Waals surface area (Å²) in [6, 6.07) is 8.99. The van der Waals surface area contributed by atoms with Crippen molar-refractivity contribution < 1.29 is 178 Å². The molecular weight excluding hydrogens is 596 g/mol. The average Bonchev–Trinajstić information content (AvgIpc) is 2.88. The second-order valence-corrected chi connectivity index (χ2v) is 8.42. The van der Waals surface area contributed by atoms with Crippen LogP contribution in [0, 0.1) is 16.2 Å². The number of aliphatic hydroxyl groups is 4. The number of aliphatic carboxylic acids is 4. The third-order valence-electron chi connectivity index (χ3n) is 6.53. The first-order valence-corrected chi connectivity index (χ1v) is 11.8. The Hall–Kier alpha value is 0.520. The van der Waals surface area contributed by atoms with Crippen LogP contribution in [0.1, 0.15) is 58.9 Å². The molecule has 0 unspecified atom stereocenters. The molecule has 0 bridgehead atoms. The fourth-order valence-corrected chi connectivity index (χ4v) is 3.07. The minimum Gasteiger partial charge on any atom is -0.549 e. The van der Waals surface area contributed by atoms with Gasteiger partial charge in [0.05, 0.1) is 49.1 Å². The number of aliphatic hydroxyl groups excluding tert-OH is 4. The molecule has 0 spiro atoms. The van der Waals surface area contributed by atoms with E-state index in [1.807, 2.05) is 6.07 Å². The van der Waals surface area contributed by atoms with Gasteiger partial charge in [0.25, 0.3) is 0 Å². The van der Waals surface area contributed by atoms with E-state index < -0.39 is 59.9 Å². The van der Waals surface area contributed by atoms with Gasteiger partial charge in [-0.05, 0) is 37.3 Å². The number of carbonyl (C=O) groups is 4. The summed E-state index contributed by atoms with van der Waals surface area (Å²) in [4.78, 5) is 41.6. The van der Waals surface area contributed by atoms with Crippen molar-refractivity contribution in [2.24, 2.45) is 16.2 Å². The van der Waals surface area contributed by atoms with Gasteiger partial charge in [0.15, 0.2) is 0 Å². The number of carboxylic acid groups (broad SMARTS) is 4. The van der Waals surface area contributed by atoms with Crippen molar-refractivity contribution in [1.29, 1.82) is 0 Å². The Morgan fingerprint density at radius 2 is 0.881 bits per heavy atom. The molecule has 1 aromatic rings. The third kappa shape index (κ3) is 15.7. The topological polar surface area (TPSA) is 241 Å². The molecule has 1 aromatic carbocycles. The first-order valence-electron chi connectivity index (χ1n) is 11.8. The zero-order chi connectivity index (χ0) is 30.2. The molecular formula is C26H36Na4O12. The van der Waals surface area contributed by atoms with E-state index in [1.54, 1.807) is 24.3 Å². The van der Waals surface area contributed by atoms with Gasteiger partial charge in [0.2, 0.25) is 0 Å². The normalized spacial score (nSPS) is 10.7. The van der Waals surface area contributed by atoms with Crippen LogP contribution in [0.2, 0.25) is 0 Å². The van der Waals surface area contributed by atoms with Gasteiger partial charge in [0.1, 0.15) is 5.76 Å². The zero-order valence-corrected chi connectivity index (χ0v) is 34.0. The molecule has 0 heterocycles. The van der Waals surface area contributed by atoms with Gasteiger partial charge >= 0.3 is 118 Å². The molecule has 0 radical (unpaired) electrons. The number of hydrogen-bond donors (Lipinski definition) is 4. The van der Waals surface area contributed by atoms with Gasteiger partial charge < -0.3 is 60.0 Å². The van der Waals surface area contributed by atoms with E-state index in [2.05, 4.69) is 0 Å². The van der Waals surface area contributed by atoms with Crippen LogP contribution < -0.4 is 139 Å². The van der Waals surface area contributed by atoms with Crippen molar-refractivity contribution in [3.63, 3.8) is 0 Å². The van der Waals surface area contributed by atoms with Crippen LogP contribution in [-0.2, 0) is 19.2 Å². The monoisotopic (exact) mass is 632 g/mol. The molecule has 0 saturated heterocycles. The van der Waals surface area contributed by atoms with Gasteiger partial charge in [-0.1, -0.05) is 58.0 Å². The van der Waals surface area contributed by atoms with Crippen molar-refractivity contribution >= 4 is 30.0 Å². The van der Waals surface area contributed by atoms with Gasteiger partial charge in [-0.15, -0.1) is 0 Å². The molecule has 0 atom stereocenters. The smallest absolute Gasteiger partial charge is 0.549 e. The second-order valence-electron chi connectivity index (χ2n) is 8.42. The maximum Gasteiger partial charge on any atom is 1.00 e. The molecule has 0 aliphatic carbocycles. The first kappa shape index (κ1) is 55.0. The predicted octanol–water partition coefficient (Wildman–Crippen LogP) is -14.8. The third-order valence-corrected chi connectivity index (χ3v) is 6.53. The maximum absolute atomic E-state index is 10.4. The number of benzene rings is 1. The molecule has 42 heavy (non-hydrogen) atoms. The van der Waals surface area contributed by atoms with Crippen molar-refractivity contribution in [1.82, 2.24) is 0 Å². The Kier molecular flexibility index (Phi) is 36.4. The molecule has 0 saturated carbocycles. The van der Waals surface area contributed by atoms with Gasteiger partial charge in [-0.25, -0.2) is 0 Å². The van der Waals surface area contributed by atoms with Gasteiger partial charge in [-0.3, -0.25) is 0 Å². The number of hydrogen-bond acceptors (Lipinski definition) is 12. The average molecular weight is 633 g/mol. The summed E-state index contributed by atoms with van der Waals surface area (Å²) in [6.45, 7) is 4.37. The van der Waals surface area contributed by atoms with E-state index in [0.29, 0.717) is 0 Å². The quantitative estimate of drug-likeness (QED) is 0.0900.